The van der Waals surface area contributed by atoms with E-state index in [-0.39, 0.29) is 36.3 Å². The highest BCUT2D eigenvalue weighted by Crippen LogP contribution is 2.66. The van der Waals surface area contributed by atoms with Gasteiger partial charge in [0.25, 0.3) is 0 Å². The minimum absolute atomic E-state index is 0.103. The van der Waals surface area contributed by atoms with Gasteiger partial charge >= 0.3 is 0 Å². The zero-order valence-electron chi connectivity index (χ0n) is 26.3. The van der Waals surface area contributed by atoms with Gasteiger partial charge in [-0.15, -0.1) is 13.2 Å². The lowest BCUT2D eigenvalue weighted by Crippen LogP contribution is -2.58. The molecule has 234 valence electrons. The number of ether oxygens (including phenoxy) is 1. The van der Waals surface area contributed by atoms with Crippen LogP contribution in [-0.4, -0.2) is 80.5 Å². The Hall–Kier alpha value is -3.75. The summed E-state index contributed by atoms with van der Waals surface area (Å²) in [5.74, 6) is -2.59. The highest BCUT2D eigenvalue weighted by Gasteiger charge is 2.80. The molecule has 8 heteroatoms. The van der Waals surface area contributed by atoms with Crippen molar-refractivity contribution >= 4 is 17.7 Å². The molecule has 3 unspecified atom stereocenters. The van der Waals surface area contributed by atoms with Crippen LogP contribution in [-0.2, 0) is 25.7 Å². The van der Waals surface area contributed by atoms with E-state index >= 15 is 0 Å². The Morgan fingerprint density at radius 2 is 1.66 bits per heavy atom. The number of carbonyl (C=O) groups excluding carboxylic acids is 3. The molecule has 3 amide bonds. The Balaban J connectivity index is 1.65. The van der Waals surface area contributed by atoms with Crippen molar-refractivity contribution in [1.29, 1.82) is 0 Å². The summed E-state index contributed by atoms with van der Waals surface area (Å²) in [6.07, 6.45) is 3.82. The minimum atomic E-state index is -1.23. The number of aliphatic hydroxyl groups is 1. The van der Waals surface area contributed by atoms with Crippen LogP contribution in [0.2, 0.25) is 0 Å². The molecule has 2 aromatic carbocycles. The summed E-state index contributed by atoms with van der Waals surface area (Å²) in [5, 5.41) is 10.8. The van der Waals surface area contributed by atoms with Gasteiger partial charge in [-0.1, -0.05) is 79.7 Å². The standard InChI is InChI=1S/C36H45N3O5/c1-7-19-37(22-26-15-11-9-12-16-26)32(41)29-30-33(42)39(28(23-40)27-17-13-10-14-18-27)31(34(43)38(20-8-2)24(3)4)36(30)21-25(5)35(29,6)44-36/h7-18,24-25,28-31,40H,1-2,19-23H2,3-6H3/t25?,28-,29+,30+,31?,35-,36?/m1/s1. The van der Waals surface area contributed by atoms with Gasteiger partial charge in [0.1, 0.15) is 11.6 Å². The number of rotatable bonds is 12. The average molecular weight is 600 g/mol. The number of likely N-dealkylation sites (tertiary alicyclic amines) is 1. The van der Waals surface area contributed by atoms with Gasteiger partial charge in [0.05, 0.1) is 30.1 Å². The van der Waals surface area contributed by atoms with Gasteiger partial charge in [-0.25, -0.2) is 0 Å². The molecular formula is C36H45N3O5. The Morgan fingerprint density at radius 3 is 2.23 bits per heavy atom. The first kappa shape index (κ1) is 31.7. The van der Waals surface area contributed by atoms with Gasteiger partial charge in [0.2, 0.25) is 17.7 Å². The number of benzene rings is 2. The number of aliphatic hydroxyl groups excluding tert-OH is 1. The predicted molar refractivity (Wildman–Crippen MR) is 169 cm³/mol. The smallest absolute Gasteiger partial charge is 0.248 e. The first-order valence-corrected chi connectivity index (χ1v) is 15.6. The van der Waals surface area contributed by atoms with Crippen molar-refractivity contribution < 1.29 is 24.2 Å². The van der Waals surface area contributed by atoms with E-state index in [1.807, 2.05) is 88.4 Å². The minimum Gasteiger partial charge on any atom is -0.394 e. The average Bonchev–Trinajstić information content (AvgIpc) is 3.53. The van der Waals surface area contributed by atoms with E-state index in [0.717, 1.165) is 5.56 Å². The van der Waals surface area contributed by atoms with E-state index in [1.54, 1.807) is 22.0 Å². The molecule has 3 fully saturated rings. The fourth-order valence-electron chi connectivity index (χ4n) is 7.94. The lowest BCUT2D eigenvalue weighted by Gasteiger charge is -2.40. The Labute approximate surface area is 261 Å². The SMILES string of the molecule is C=CCN(Cc1ccccc1)C(=O)[C@@H]1[C@H]2C(=O)N([C@H](CO)c3ccccc3)C(C(=O)N(CC=C)C(C)C)C23CC(C)[C@@]1(C)O3. The molecule has 3 heterocycles. The van der Waals surface area contributed by atoms with Crippen molar-refractivity contribution in [1.82, 2.24) is 14.7 Å². The first-order chi connectivity index (χ1) is 21.0. The van der Waals surface area contributed by atoms with E-state index in [0.29, 0.717) is 31.6 Å². The lowest BCUT2D eigenvalue weighted by molar-refractivity contribution is -0.158. The molecule has 7 atom stereocenters. The van der Waals surface area contributed by atoms with Crippen molar-refractivity contribution in [3.05, 3.63) is 97.1 Å². The number of hydrogen-bond acceptors (Lipinski definition) is 5. The molecule has 1 spiro atoms. The van der Waals surface area contributed by atoms with Crippen molar-refractivity contribution in [2.24, 2.45) is 17.8 Å². The van der Waals surface area contributed by atoms with Gasteiger partial charge in [0.15, 0.2) is 0 Å². The van der Waals surface area contributed by atoms with Crippen LogP contribution >= 0.6 is 0 Å². The van der Waals surface area contributed by atoms with Gasteiger partial charge in [-0.05, 0) is 44.2 Å². The summed E-state index contributed by atoms with van der Waals surface area (Å²) in [5.41, 5.74) is -0.508. The molecule has 1 N–H and O–H groups in total. The number of hydrogen-bond donors (Lipinski definition) is 1. The van der Waals surface area contributed by atoms with E-state index < -0.39 is 35.1 Å². The maximum atomic E-state index is 14.9. The van der Waals surface area contributed by atoms with Crippen LogP contribution in [0.1, 0.15) is 51.3 Å². The second-order valence-corrected chi connectivity index (χ2v) is 12.9. The zero-order valence-corrected chi connectivity index (χ0v) is 26.3. The highest BCUT2D eigenvalue weighted by molar-refractivity contribution is 5.99. The summed E-state index contributed by atoms with van der Waals surface area (Å²) < 4.78 is 6.98. The van der Waals surface area contributed by atoms with E-state index in [1.165, 1.54) is 4.90 Å². The van der Waals surface area contributed by atoms with Gasteiger partial charge in [0, 0.05) is 25.7 Å². The second-order valence-electron chi connectivity index (χ2n) is 12.9. The molecule has 5 rings (SSSR count). The number of fused-ring (bicyclic) bond motifs is 1. The van der Waals surface area contributed by atoms with E-state index in [4.69, 9.17) is 4.74 Å². The Morgan fingerprint density at radius 1 is 1.05 bits per heavy atom. The summed E-state index contributed by atoms with van der Waals surface area (Å²) in [6, 6.07) is 17.0. The maximum absolute atomic E-state index is 14.9. The molecule has 0 saturated carbocycles. The highest BCUT2D eigenvalue weighted by atomic mass is 16.5. The van der Waals surface area contributed by atoms with Crippen LogP contribution in [0.5, 0.6) is 0 Å². The number of amides is 3. The van der Waals surface area contributed by atoms with Crippen LogP contribution in [0.3, 0.4) is 0 Å². The second kappa shape index (κ2) is 12.3. The molecule has 3 saturated heterocycles. The summed E-state index contributed by atoms with van der Waals surface area (Å²) in [7, 11) is 0. The van der Waals surface area contributed by atoms with E-state index in [9.17, 15) is 19.5 Å². The third-order valence-electron chi connectivity index (χ3n) is 10.1. The Kier molecular flexibility index (Phi) is 8.87. The Bertz CT molecular complexity index is 1400. The van der Waals surface area contributed by atoms with Crippen molar-refractivity contribution in [2.45, 2.75) is 70.0 Å². The molecule has 8 nitrogen and oxygen atoms in total. The van der Waals surface area contributed by atoms with Crippen LogP contribution in [0.25, 0.3) is 0 Å². The van der Waals surface area contributed by atoms with Crippen LogP contribution in [0.4, 0.5) is 0 Å². The quantitative estimate of drug-likeness (QED) is 0.366. The molecule has 44 heavy (non-hydrogen) atoms. The van der Waals surface area contributed by atoms with Crippen molar-refractivity contribution in [3.8, 4) is 0 Å². The van der Waals surface area contributed by atoms with Crippen molar-refractivity contribution in [2.75, 3.05) is 19.7 Å². The third kappa shape index (κ3) is 4.98. The molecule has 3 aliphatic rings. The summed E-state index contributed by atoms with van der Waals surface area (Å²) in [6.45, 7) is 16.2. The van der Waals surface area contributed by atoms with Crippen LogP contribution in [0.15, 0.2) is 86.0 Å². The molecule has 0 aliphatic carbocycles. The van der Waals surface area contributed by atoms with E-state index in [2.05, 4.69) is 13.2 Å². The molecule has 0 aromatic heterocycles. The molecular weight excluding hydrogens is 554 g/mol. The van der Waals surface area contributed by atoms with Gasteiger partial charge in [-0.2, -0.15) is 0 Å². The monoisotopic (exact) mass is 599 g/mol. The number of nitrogens with zero attached hydrogens (tertiary/aromatic N) is 3. The summed E-state index contributed by atoms with van der Waals surface area (Å²) >= 11 is 0. The molecule has 2 aromatic rings. The van der Waals surface area contributed by atoms with Crippen LogP contribution < -0.4 is 0 Å². The number of carbonyl (C=O) groups is 3. The van der Waals surface area contributed by atoms with Gasteiger partial charge in [-0.3, -0.25) is 14.4 Å². The topological polar surface area (TPSA) is 90.4 Å². The lowest BCUT2D eigenvalue weighted by atomic mass is 9.62. The van der Waals surface area contributed by atoms with Gasteiger partial charge < -0.3 is 24.5 Å². The predicted octanol–water partition coefficient (Wildman–Crippen LogP) is 4.37. The zero-order chi connectivity index (χ0) is 31.8. The van der Waals surface area contributed by atoms with Crippen molar-refractivity contribution in [3.63, 3.8) is 0 Å². The third-order valence-corrected chi connectivity index (χ3v) is 10.1. The maximum Gasteiger partial charge on any atom is 0.248 e. The molecule has 2 bridgehead atoms. The fraction of sp³-hybridized carbons (Fsp3) is 0.472. The molecule has 3 aliphatic heterocycles. The fourth-order valence-corrected chi connectivity index (χ4v) is 7.94. The largest absolute Gasteiger partial charge is 0.394 e. The normalized spacial score (nSPS) is 29.4. The first-order valence-electron chi connectivity index (χ1n) is 15.6. The molecule has 0 radical (unpaired) electrons. The van der Waals surface area contributed by atoms with Crippen LogP contribution in [0, 0.1) is 17.8 Å². The summed E-state index contributed by atoms with van der Waals surface area (Å²) in [4.78, 5) is 49.2.